The lowest BCUT2D eigenvalue weighted by atomic mass is 10.3. The number of thiazole rings is 1. The largest absolute Gasteiger partial charge is 0.481 e. The molecule has 1 aromatic rings. The molecule has 0 spiro atoms. The Morgan fingerprint density at radius 3 is 2.65 bits per heavy atom. The average molecular weight is 272 g/mol. The van der Waals surface area contributed by atoms with Gasteiger partial charge in [0.1, 0.15) is 0 Å². The lowest BCUT2D eigenvalue weighted by molar-refractivity contribution is -0.136. The van der Waals surface area contributed by atoms with Crippen LogP contribution in [0.4, 0.5) is 5.13 Å². The number of aromatic nitrogens is 1. The number of anilines is 1. The smallest absolute Gasteiger partial charge is 0.309 e. The number of aliphatic carboxylic acids is 1. The van der Waals surface area contributed by atoms with Gasteiger partial charge in [-0.3, -0.25) is 14.4 Å². The summed E-state index contributed by atoms with van der Waals surface area (Å²) in [7, 11) is 0. The van der Waals surface area contributed by atoms with Crippen LogP contribution in [-0.2, 0) is 20.8 Å². The maximum atomic E-state index is 11.6. The number of hydrogen-bond donors (Lipinski definition) is 1. The number of imide groups is 1. The number of hydrogen-bond acceptors (Lipinski definition) is 6. The molecule has 1 aromatic heterocycles. The fourth-order valence-corrected chi connectivity index (χ4v) is 2.91. The fraction of sp³-hybridized carbons (Fsp3) is 0.333. The fourth-order valence-electron chi connectivity index (χ4n) is 1.34. The highest BCUT2D eigenvalue weighted by molar-refractivity contribution is 8.00. The van der Waals surface area contributed by atoms with E-state index in [1.807, 2.05) is 0 Å². The molecular weight excluding hydrogens is 264 g/mol. The Bertz CT molecular complexity index is 469. The van der Waals surface area contributed by atoms with E-state index in [0.29, 0.717) is 5.69 Å². The molecule has 0 atom stereocenters. The molecule has 1 aliphatic heterocycles. The van der Waals surface area contributed by atoms with Gasteiger partial charge in [-0.15, -0.1) is 23.1 Å². The van der Waals surface area contributed by atoms with E-state index in [1.165, 1.54) is 11.8 Å². The van der Waals surface area contributed by atoms with Crippen molar-refractivity contribution < 1.29 is 19.5 Å². The number of rotatable bonds is 3. The molecule has 0 unspecified atom stereocenters. The van der Waals surface area contributed by atoms with Gasteiger partial charge in [0.05, 0.1) is 23.6 Å². The Morgan fingerprint density at radius 1 is 1.41 bits per heavy atom. The van der Waals surface area contributed by atoms with Crippen LogP contribution in [-0.4, -0.2) is 39.4 Å². The first-order valence-electron chi connectivity index (χ1n) is 4.67. The summed E-state index contributed by atoms with van der Waals surface area (Å²) < 4.78 is 0. The van der Waals surface area contributed by atoms with Crippen LogP contribution in [0.3, 0.4) is 0 Å². The lowest BCUT2D eigenvalue weighted by Crippen LogP contribution is -2.43. The van der Waals surface area contributed by atoms with Gasteiger partial charge in [-0.05, 0) is 0 Å². The number of carbonyl (C=O) groups excluding carboxylic acids is 2. The summed E-state index contributed by atoms with van der Waals surface area (Å²) in [6.45, 7) is 0. The van der Waals surface area contributed by atoms with Crippen LogP contribution in [0.15, 0.2) is 5.38 Å². The van der Waals surface area contributed by atoms with Crippen molar-refractivity contribution in [3.63, 3.8) is 0 Å². The van der Waals surface area contributed by atoms with E-state index >= 15 is 0 Å². The summed E-state index contributed by atoms with van der Waals surface area (Å²) in [5.41, 5.74) is 0.358. The minimum absolute atomic E-state index is 0.207. The van der Waals surface area contributed by atoms with E-state index < -0.39 is 5.97 Å². The molecule has 90 valence electrons. The zero-order chi connectivity index (χ0) is 12.4. The summed E-state index contributed by atoms with van der Waals surface area (Å²) in [5, 5.41) is 10.4. The summed E-state index contributed by atoms with van der Waals surface area (Å²) in [6, 6.07) is 0. The molecule has 17 heavy (non-hydrogen) atoms. The molecule has 0 radical (unpaired) electrons. The van der Waals surface area contributed by atoms with Crippen LogP contribution in [0.5, 0.6) is 0 Å². The predicted octanol–water partition coefficient (Wildman–Crippen LogP) is 0.377. The molecule has 0 aromatic carbocycles. The van der Waals surface area contributed by atoms with E-state index in [4.69, 9.17) is 5.11 Å². The van der Waals surface area contributed by atoms with Gasteiger partial charge in [-0.25, -0.2) is 9.88 Å². The molecule has 1 fully saturated rings. The Balaban J connectivity index is 2.21. The lowest BCUT2D eigenvalue weighted by Gasteiger charge is -2.21. The molecule has 1 saturated heterocycles. The van der Waals surface area contributed by atoms with Crippen molar-refractivity contribution >= 4 is 46.0 Å². The zero-order valence-electron chi connectivity index (χ0n) is 8.58. The maximum absolute atomic E-state index is 11.6. The van der Waals surface area contributed by atoms with Crippen molar-refractivity contribution in [1.82, 2.24) is 4.98 Å². The first-order valence-corrected chi connectivity index (χ1v) is 6.71. The monoisotopic (exact) mass is 272 g/mol. The van der Waals surface area contributed by atoms with Gasteiger partial charge in [-0.1, -0.05) is 0 Å². The van der Waals surface area contributed by atoms with Crippen LogP contribution in [0.2, 0.25) is 0 Å². The number of carbonyl (C=O) groups is 3. The molecule has 1 aliphatic rings. The van der Waals surface area contributed by atoms with Crippen LogP contribution >= 0.6 is 23.1 Å². The quantitative estimate of drug-likeness (QED) is 0.800. The highest BCUT2D eigenvalue weighted by atomic mass is 32.2. The summed E-state index contributed by atoms with van der Waals surface area (Å²) in [4.78, 5) is 38.7. The molecule has 6 nitrogen and oxygen atoms in total. The summed E-state index contributed by atoms with van der Waals surface area (Å²) >= 11 is 2.38. The zero-order valence-corrected chi connectivity index (χ0v) is 10.2. The number of carboxylic acid groups (broad SMARTS) is 1. The topological polar surface area (TPSA) is 87.6 Å². The SMILES string of the molecule is O=C(O)Cc1csc(N2C(=O)CSCC2=O)n1. The molecule has 1 N–H and O–H groups in total. The molecule has 2 heterocycles. The van der Waals surface area contributed by atoms with E-state index in [2.05, 4.69) is 4.98 Å². The number of carboxylic acids is 1. The van der Waals surface area contributed by atoms with Crippen molar-refractivity contribution in [1.29, 1.82) is 0 Å². The normalized spacial score (nSPS) is 16.4. The Labute approximate surface area is 105 Å². The summed E-state index contributed by atoms with van der Waals surface area (Å²) in [6.07, 6.45) is -0.207. The van der Waals surface area contributed by atoms with Gasteiger partial charge >= 0.3 is 5.97 Å². The van der Waals surface area contributed by atoms with E-state index in [1.54, 1.807) is 5.38 Å². The Hall–Kier alpha value is -1.41. The van der Waals surface area contributed by atoms with Gasteiger partial charge < -0.3 is 5.11 Å². The van der Waals surface area contributed by atoms with E-state index in [9.17, 15) is 14.4 Å². The third-order valence-corrected chi connectivity index (χ3v) is 3.79. The minimum atomic E-state index is -0.992. The predicted molar refractivity (Wildman–Crippen MR) is 63.3 cm³/mol. The van der Waals surface area contributed by atoms with Crippen LogP contribution in [0.1, 0.15) is 5.69 Å². The second-order valence-corrected chi connectivity index (χ2v) is 5.13. The van der Waals surface area contributed by atoms with Gasteiger partial charge in [0, 0.05) is 5.38 Å². The van der Waals surface area contributed by atoms with Crippen molar-refractivity contribution in [3.8, 4) is 0 Å². The molecule has 2 amide bonds. The summed E-state index contributed by atoms with van der Waals surface area (Å²) in [5.74, 6) is -1.10. The molecule has 0 aliphatic carbocycles. The van der Waals surface area contributed by atoms with Crippen LogP contribution < -0.4 is 4.90 Å². The first kappa shape index (κ1) is 12.1. The second kappa shape index (κ2) is 4.84. The Kier molecular flexibility index (Phi) is 3.43. The van der Waals surface area contributed by atoms with Gasteiger partial charge in [-0.2, -0.15) is 0 Å². The van der Waals surface area contributed by atoms with Crippen LogP contribution in [0.25, 0.3) is 0 Å². The van der Waals surface area contributed by atoms with Gasteiger partial charge in [0.25, 0.3) is 0 Å². The number of nitrogens with zero attached hydrogens (tertiary/aromatic N) is 2. The van der Waals surface area contributed by atoms with E-state index in [-0.39, 0.29) is 34.9 Å². The average Bonchev–Trinajstić information content (AvgIpc) is 2.65. The molecule has 8 heteroatoms. The second-order valence-electron chi connectivity index (χ2n) is 3.31. The van der Waals surface area contributed by atoms with Crippen molar-refractivity contribution in [2.45, 2.75) is 6.42 Å². The molecule has 0 saturated carbocycles. The third-order valence-electron chi connectivity index (χ3n) is 2.01. The molecular formula is C9H8N2O4S2. The van der Waals surface area contributed by atoms with Crippen LogP contribution in [0, 0.1) is 0 Å². The maximum Gasteiger partial charge on any atom is 0.309 e. The van der Waals surface area contributed by atoms with Gasteiger partial charge in [0.15, 0.2) is 5.13 Å². The van der Waals surface area contributed by atoms with Crippen molar-refractivity contribution in [2.75, 3.05) is 16.4 Å². The van der Waals surface area contributed by atoms with Crippen molar-refractivity contribution in [3.05, 3.63) is 11.1 Å². The molecule has 2 rings (SSSR count). The van der Waals surface area contributed by atoms with E-state index in [0.717, 1.165) is 16.2 Å². The highest BCUT2D eigenvalue weighted by Gasteiger charge is 2.30. The number of amides is 2. The Morgan fingerprint density at radius 2 is 2.06 bits per heavy atom. The third kappa shape index (κ3) is 2.64. The van der Waals surface area contributed by atoms with Gasteiger partial charge in [0.2, 0.25) is 11.8 Å². The number of thioether (sulfide) groups is 1. The minimum Gasteiger partial charge on any atom is -0.481 e. The highest BCUT2D eigenvalue weighted by Crippen LogP contribution is 2.25. The first-order chi connectivity index (χ1) is 8.08. The van der Waals surface area contributed by atoms with Crippen molar-refractivity contribution in [2.24, 2.45) is 0 Å². The molecule has 0 bridgehead atoms. The standard InChI is InChI=1S/C9H8N2O4S2/c12-6-3-16-4-7(13)11(6)9-10-5(2-17-9)1-8(14)15/h2H,1,3-4H2,(H,14,15).